The molecule has 0 amide bonds. The maximum Gasteiger partial charge on any atom is 0.277 e. The number of rotatable bonds is 7. The zero-order chi connectivity index (χ0) is 18.5. The average Bonchev–Trinajstić information content (AvgIpc) is 3.35. The Kier molecular flexibility index (Phi) is 5.20. The Morgan fingerprint density at radius 2 is 1.93 bits per heavy atom. The van der Waals surface area contributed by atoms with Crippen molar-refractivity contribution in [2.24, 2.45) is 0 Å². The highest BCUT2D eigenvalue weighted by Gasteiger charge is 2.13. The lowest BCUT2D eigenvalue weighted by Gasteiger charge is -2.06. The number of nitrogens with zero attached hydrogens (tertiary/aromatic N) is 3. The van der Waals surface area contributed by atoms with E-state index in [1.807, 2.05) is 55.5 Å². The van der Waals surface area contributed by atoms with Crippen molar-refractivity contribution in [3.8, 4) is 17.2 Å². The van der Waals surface area contributed by atoms with Crippen LogP contribution in [0, 0.1) is 6.92 Å². The van der Waals surface area contributed by atoms with Crippen molar-refractivity contribution in [2.45, 2.75) is 24.5 Å². The third kappa shape index (κ3) is 4.38. The van der Waals surface area contributed by atoms with E-state index in [-0.39, 0.29) is 0 Å². The van der Waals surface area contributed by atoms with Crippen LogP contribution < -0.4 is 4.74 Å². The highest BCUT2D eigenvalue weighted by Crippen LogP contribution is 2.28. The van der Waals surface area contributed by atoms with Gasteiger partial charge >= 0.3 is 0 Å². The minimum absolute atomic E-state index is 0.452. The molecule has 0 fully saturated rings. The summed E-state index contributed by atoms with van der Waals surface area (Å²) in [6, 6.07) is 15.5. The first-order chi connectivity index (χ1) is 13.3. The molecule has 1 aromatic carbocycles. The predicted molar refractivity (Wildman–Crippen MR) is 101 cm³/mol. The highest BCUT2D eigenvalue weighted by atomic mass is 32.2. The van der Waals surface area contributed by atoms with Crippen LogP contribution in [0.3, 0.4) is 0 Å². The highest BCUT2D eigenvalue weighted by molar-refractivity contribution is 7.98. The van der Waals surface area contributed by atoms with E-state index < -0.39 is 0 Å². The first kappa shape index (κ1) is 17.4. The first-order valence-corrected chi connectivity index (χ1v) is 9.39. The molecule has 27 heavy (non-hydrogen) atoms. The molecule has 4 aromatic rings. The van der Waals surface area contributed by atoms with Crippen molar-refractivity contribution in [1.29, 1.82) is 0 Å². The smallest absolute Gasteiger partial charge is 0.277 e. The summed E-state index contributed by atoms with van der Waals surface area (Å²) in [6.45, 7) is 2.32. The fraction of sp³-hybridized carbons (Fsp3) is 0.150. The number of ether oxygens (including phenoxy) is 1. The van der Waals surface area contributed by atoms with Gasteiger partial charge in [-0.15, -0.1) is 10.2 Å². The van der Waals surface area contributed by atoms with Gasteiger partial charge in [-0.3, -0.25) is 4.98 Å². The van der Waals surface area contributed by atoms with Gasteiger partial charge in [0.05, 0.1) is 17.5 Å². The van der Waals surface area contributed by atoms with Gasteiger partial charge in [-0.25, -0.2) is 0 Å². The van der Waals surface area contributed by atoms with E-state index in [9.17, 15) is 0 Å². The molecule has 0 aliphatic carbocycles. The number of aromatic nitrogens is 3. The monoisotopic (exact) mass is 379 g/mol. The molecular formula is C20H17N3O3S. The second kappa shape index (κ2) is 8.09. The molecule has 0 bridgehead atoms. The summed E-state index contributed by atoms with van der Waals surface area (Å²) in [6.07, 6.45) is 3.37. The number of aryl methyl sites for hydroxylation is 1. The molecule has 0 unspecified atom stereocenters. The molecule has 0 N–H and O–H groups in total. The van der Waals surface area contributed by atoms with E-state index in [0.29, 0.717) is 17.7 Å². The molecule has 4 rings (SSSR count). The second-order valence-corrected chi connectivity index (χ2v) is 6.73. The zero-order valence-electron chi connectivity index (χ0n) is 14.7. The molecule has 6 nitrogen and oxygen atoms in total. The maximum absolute atomic E-state index is 5.75. The molecule has 0 aliphatic rings. The van der Waals surface area contributed by atoms with Gasteiger partial charge in [0.25, 0.3) is 11.1 Å². The van der Waals surface area contributed by atoms with Crippen LogP contribution in [0.5, 0.6) is 5.75 Å². The summed E-state index contributed by atoms with van der Waals surface area (Å²) in [5, 5.41) is 8.69. The molecular weight excluding hydrogens is 362 g/mol. The van der Waals surface area contributed by atoms with Crippen LogP contribution >= 0.6 is 11.8 Å². The number of thioether (sulfide) groups is 1. The molecule has 0 saturated carbocycles. The molecule has 3 aromatic heterocycles. The quantitative estimate of drug-likeness (QED) is 0.423. The topological polar surface area (TPSA) is 74.2 Å². The summed E-state index contributed by atoms with van der Waals surface area (Å²) < 4.78 is 16.7. The molecule has 0 spiro atoms. The summed E-state index contributed by atoms with van der Waals surface area (Å²) in [4.78, 5) is 4.24. The van der Waals surface area contributed by atoms with Gasteiger partial charge in [0.1, 0.15) is 18.1 Å². The van der Waals surface area contributed by atoms with Gasteiger partial charge in [0.15, 0.2) is 0 Å². The standard InChI is InChI=1S/C20H17N3O3S/c1-14-18(9-11-24-14)19-22-23-20(26-19)27-13-15-5-7-17(8-6-15)25-12-16-4-2-3-10-21-16/h2-11H,12-13H2,1H3. The van der Waals surface area contributed by atoms with Crippen molar-refractivity contribution >= 4 is 11.8 Å². The van der Waals surface area contributed by atoms with E-state index >= 15 is 0 Å². The van der Waals surface area contributed by atoms with Crippen molar-refractivity contribution in [1.82, 2.24) is 15.2 Å². The number of furan rings is 1. The minimum Gasteiger partial charge on any atom is -0.487 e. The molecule has 3 heterocycles. The minimum atomic E-state index is 0.452. The Morgan fingerprint density at radius 1 is 1.04 bits per heavy atom. The zero-order valence-corrected chi connectivity index (χ0v) is 15.5. The Labute approximate surface area is 160 Å². The third-order valence-electron chi connectivity index (χ3n) is 3.89. The van der Waals surface area contributed by atoms with Crippen molar-refractivity contribution in [2.75, 3.05) is 0 Å². The molecule has 0 aliphatic heterocycles. The van der Waals surface area contributed by atoms with Crippen LogP contribution in [-0.2, 0) is 12.4 Å². The van der Waals surface area contributed by atoms with Gasteiger partial charge in [-0.05, 0) is 42.8 Å². The van der Waals surface area contributed by atoms with E-state index in [1.54, 1.807) is 12.5 Å². The van der Waals surface area contributed by atoms with Crippen LogP contribution in [0.2, 0.25) is 0 Å². The SMILES string of the molecule is Cc1occc1-c1nnc(SCc2ccc(OCc3ccccn3)cc2)o1. The fourth-order valence-corrected chi connectivity index (χ4v) is 3.17. The van der Waals surface area contributed by atoms with Crippen molar-refractivity contribution in [3.63, 3.8) is 0 Å². The van der Waals surface area contributed by atoms with Gasteiger partial charge in [-0.2, -0.15) is 0 Å². The number of hydrogen-bond acceptors (Lipinski definition) is 7. The Bertz CT molecular complexity index is 997. The Morgan fingerprint density at radius 3 is 2.67 bits per heavy atom. The van der Waals surface area contributed by atoms with Gasteiger partial charge in [0.2, 0.25) is 0 Å². The molecule has 0 saturated heterocycles. The van der Waals surface area contributed by atoms with E-state index in [0.717, 1.165) is 34.1 Å². The Balaban J connectivity index is 1.31. The van der Waals surface area contributed by atoms with Crippen molar-refractivity contribution < 1.29 is 13.6 Å². The summed E-state index contributed by atoms with van der Waals surface area (Å²) in [5.41, 5.74) is 2.87. The summed E-state index contributed by atoms with van der Waals surface area (Å²) in [5.74, 6) is 2.77. The van der Waals surface area contributed by atoms with Gasteiger partial charge in [-0.1, -0.05) is 30.0 Å². The van der Waals surface area contributed by atoms with Crippen LogP contribution in [-0.4, -0.2) is 15.2 Å². The average molecular weight is 379 g/mol. The molecule has 0 radical (unpaired) electrons. The molecule has 136 valence electrons. The summed E-state index contributed by atoms with van der Waals surface area (Å²) >= 11 is 1.49. The maximum atomic E-state index is 5.75. The lowest BCUT2D eigenvalue weighted by atomic mass is 10.2. The number of hydrogen-bond donors (Lipinski definition) is 0. The van der Waals surface area contributed by atoms with Gasteiger partial charge < -0.3 is 13.6 Å². The summed E-state index contributed by atoms with van der Waals surface area (Å²) in [7, 11) is 0. The fourth-order valence-electron chi connectivity index (χ4n) is 2.45. The number of pyridine rings is 1. The number of benzene rings is 1. The van der Waals surface area contributed by atoms with E-state index in [4.69, 9.17) is 13.6 Å². The largest absolute Gasteiger partial charge is 0.487 e. The molecule has 7 heteroatoms. The van der Waals surface area contributed by atoms with Crippen LogP contribution in [0.1, 0.15) is 17.0 Å². The lowest BCUT2D eigenvalue weighted by molar-refractivity contribution is 0.301. The van der Waals surface area contributed by atoms with E-state index in [2.05, 4.69) is 15.2 Å². The van der Waals surface area contributed by atoms with Crippen molar-refractivity contribution in [3.05, 3.63) is 78.0 Å². The van der Waals surface area contributed by atoms with E-state index in [1.165, 1.54) is 11.8 Å². The third-order valence-corrected chi connectivity index (χ3v) is 4.78. The van der Waals surface area contributed by atoms with Gasteiger partial charge in [0, 0.05) is 11.9 Å². The second-order valence-electron chi connectivity index (χ2n) is 5.81. The van der Waals surface area contributed by atoms with Crippen LogP contribution in [0.15, 0.2) is 75.0 Å². The normalized spacial score (nSPS) is 10.9. The van der Waals surface area contributed by atoms with Crippen LogP contribution in [0.4, 0.5) is 0 Å². The predicted octanol–water partition coefficient (Wildman–Crippen LogP) is 4.90. The lowest BCUT2D eigenvalue weighted by Crippen LogP contribution is -1.97. The molecule has 0 atom stereocenters. The first-order valence-electron chi connectivity index (χ1n) is 8.40. The van der Waals surface area contributed by atoms with Crippen LogP contribution in [0.25, 0.3) is 11.5 Å². The Hall–Kier alpha value is -3.06.